The van der Waals surface area contributed by atoms with Gasteiger partial charge in [0.2, 0.25) is 11.0 Å². The van der Waals surface area contributed by atoms with Gasteiger partial charge in [-0.3, -0.25) is 19.5 Å². The van der Waals surface area contributed by atoms with Gasteiger partial charge in [-0.1, -0.05) is 50.4 Å². The normalized spacial score (nSPS) is 11.2. The lowest BCUT2D eigenvalue weighted by Crippen LogP contribution is -2.17. The van der Waals surface area contributed by atoms with E-state index >= 15 is 0 Å². The maximum absolute atomic E-state index is 12.2. The number of benzene rings is 1. The minimum absolute atomic E-state index is 0.148. The summed E-state index contributed by atoms with van der Waals surface area (Å²) < 4.78 is 6.46. The van der Waals surface area contributed by atoms with Crippen LogP contribution in [0.3, 0.4) is 0 Å². The Bertz CT molecular complexity index is 1120. The number of oxazole rings is 1. The zero-order chi connectivity index (χ0) is 22.9. The highest BCUT2D eigenvalue weighted by molar-refractivity contribution is 7.15. The summed E-state index contributed by atoms with van der Waals surface area (Å²) in [4.78, 5) is 34.6. The Morgan fingerprint density at radius 3 is 2.75 bits per heavy atom. The molecule has 0 aliphatic rings. The van der Waals surface area contributed by atoms with Crippen LogP contribution in [0, 0.1) is 10.1 Å². The Morgan fingerprint density at radius 2 is 1.97 bits per heavy atom. The molecule has 3 rings (SSSR count). The molecule has 0 fully saturated rings. The monoisotopic (exact) mass is 461 g/mol. The van der Waals surface area contributed by atoms with E-state index in [4.69, 9.17) is 4.42 Å². The molecule has 32 heavy (non-hydrogen) atoms. The summed E-state index contributed by atoms with van der Waals surface area (Å²) in [6.07, 6.45) is 8.74. The van der Waals surface area contributed by atoms with E-state index in [1.165, 1.54) is 66.2 Å². The van der Waals surface area contributed by atoms with Crippen LogP contribution in [0.1, 0.15) is 63.3 Å². The van der Waals surface area contributed by atoms with Gasteiger partial charge < -0.3 is 9.73 Å². The van der Waals surface area contributed by atoms with E-state index in [0.717, 1.165) is 17.8 Å². The fourth-order valence-corrected chi connectivity index (χ4v) is 4.22. The maximum atomic E-state index is 12.2. The van der Waals surface area contributed by atoms with Crippen molar-refractivity contribution in [1.29, 1.82) is 0 Å². The smallest absolute Gasteiger partial charge is 0.407 e. The molecule has 3 aromatic rings. The molecule has 0 saturated heterocycles. The van der Waals surface area contributed by atoms with E-state index in [0.29, 0.717) is 17.1 Å². The fourth-order valence-electron chi connectivity index (χ4n) is 3.42. The molecule has 1 aromatic carbocycles. The van der Waals surface area contributed by atoms with E-state index < -0.39 is 10.7 Å². The van der Waals surface area contributed by atoms with E-state index in [1.54, 1.807) is 0 Å². The molecule has 10 nitrogen and oxygen atoms in total. The number of unbranched alkanes of at least 4 members (excludes halogenated alkanes) is 5. The van der Waals surface area contributed by atoms with Crippen LogP contribution in [0.5, 0.6) is 0 Å². The summed E-state index contributed by atoms with van der Waals surface area (Å²) in [5, 5.41) is 23.2. The van der Waals surface area contributed by atoms with Gasteiger partial charge in [-0.15, -0.1) is 10.2 Å². The van der Waals surface area contributed by atoms with E-state index in [9.17, 15) is 19.7 Å². The summed E-state index contributed by atoms with van der Waals surface area (Å²) in [5.74, 6) is -0.812. The van der Waals surface area contributed by atoms with E-state index in [1.807, 2.05) is 0 Å². The third-order valence-corrected chi connectivity index (χ3v) is 6.00. The number of carbonyl (C=O) groups excluding carboxylic acids is 1. The number of non-ortho nitro benzene ring substituents is 1. The van der Waals surface area contributed by atoms with Crippen molar-refractivity contribution >= 4 is 39.2 Å². The van der Waals surface area contributed by atoms with Gasteiger partial charge >= 0.3 is 5.76 Å². The highest BCUT2D eigenvalue weighted by atomic mass is 32.1. The first-order valence-electron chi connectivity index (χ1n) is 10.9. The lowest BCUT2D eigenvalue weighted by molar-refractivity contribution is -0.384. The quantitative estimate of drug-likeness (QED) is 0.222. The van der Waals surface area contributed by atoms with Crippen LogP contribution in [-0.4, -0.2) is 25.6 Å². The first-order valence-corrected chi connectivity index (χ1v) is 11.7. The van der Waals surface area contributed by atoms with Crippen molar-refractivity contribution in [2.75, 3.05) is 5.32 Å². The first-order chi connectivity index (χ1) is 15.5. The molecular formula is C21H27N5O5S. The number of aryl methyl sites for hydroxylation is 2. The van der Waals surface area contributed by atoms with Gasteiger partial charge in [0.1, 0.15) is 5.01 Å². The van der Waals surface area contributed by atoms with Crippen molar-refractivity contribution < 1.29 is 14.1 Å². The third-order valence-electron chi connectivity index (χ3n) is 5.11. The predicted molar refractivity (Wildman–Crippen MR) is 122 cm³/mol. The number of fused-ring (bicyclic) bond motifs is 1. The molecule has 0 saturated carbocycles. The van der Waals surface area contributed by atoms with E-state index in [-0.39, 0.29) is 30.1 Å². The topological polar surface area (TPSA) is 133 Å². The Labute approximate surface area is 188 Å². The van der Waals surface area contributed by atoms with Crippen molar-refractivity contribution in [2.24, 2.45) is 0 Å². The van der Waals surface area contributed by atoms with Crippen LogP contribution in [0.2, 0.25) is 0 Å². The summed E-state index contributed by atoms with van der Waals surface area (Å²) in [6.45, 7) is 2.46. The third kappa shape index (κ3) is 6.46. The molecule has 0 bridgehead atoms. The number of nitrogens with zero attached hydrogens (tertiary/aromatic N) is 4. The summed E-state index contributed by atoms with van der Waals surface area (Å²) >= 11 is 1.39. The van der Waals surface area contributed by atoms with Crippen LogP contribution >= 0.6 is 11.3 Å². The number of rotatable bonds is 13. The molecule has 0 spiro atoms. The Balaban J connectivity index is 1.44. The molecule has 2 aromatic heterocycles. The molecule has 0 aliphatic carbocycles. The van der Waals surface area contributed by atoms with Crippen LogP contribution < -0.4 is 11.1 Å². The van der Waals surface area contributed by atoms with Gasteiger partial charge in [-0.2, -0.15) is 0 Å². The molecule has 0 aliphatic heterocycles. The molecule has 1 N–H and O–H groups in total. The highest BCUT2D eigenvalue weighted by Crippen LogP contribution is 2.21. The molecule has 0 radical (unpaired) electrons. The summed E-state index contributed by atoms with van der Waals surface area (Å²) in [7, 11) is 0. The van der Waals surface area contributed by atoms with Gasteiger partial charge in [0.05, 0.1) is 16.5 Å². The van der Waals surface area contributed by atoms with Gasteiger partial charge in [-0.25, -0.2) is 4.79 Å². The number of amides is 1. The Hall–Kier alpha value is -3.08. The van der Waals surface area contributed by atoms with Crippen molar-refractivity contribution in [3.8, 4) is 0 Å². The second kappa shape index (κ2) is 11.5. The molecule has 0 unspecified atom stereocenters. The molecule has 11 heteroatoms. The number of aromatic nitrogens is 3. The molecular weight excluding hydrogens is 434 g/mol. The van der Waals surface area contributed by atoms with Crippen LogP contribution in [0.4, 0.5) is 10.8 Å². The van der Waals surface area contributed by atoms with Crippen LogP contribution in [0.25, 0.3) is 11.1 Å². The molecule has 172 valence electrons. The number of hydrogen-bond donors (Lipinski definition) is 1. The molecule has 1 amide bonds. The van der Waals surface area contributed by atoms with Crippen molar-refractivity contribution in [3.05, 3.63) is 43.9 Å². The number of nitro benzene ring substituents is 1. The first kappa shape index (κ1) is 23.6. The zero-order valence-corrected chi connectivity index (χ0v) is 18.9. The second-order valence-corrected chi connectivity index (χ2v) is 8.66. The van der Waals surface area contributed by atoms with E-state index in [2.05, 4.69) is 22.4 Å². The lowest BCUT2D eigenvalue weighted by Gasteiger charge is -2.03. The van der Waals surface area contributed by atoms with Crippen LogP contribution in [0.15, 0.2) is 27.4 Å². The average Bonchev–Trinajstić information content (AvgIpc) is 3.33. The number of carbonyl (C=O) groups is 1. The summed E-state index contributed by atoms with van der Waals surface area (Å²) in [5.41, 5.74) is 0.468. The number of hydrogen-bond acceptors (Lipinski definition) is 8. The zero-order valence-electron chi connectivity index (χ0n) is 18.0. The standard InChI is InChI=1S/C21H27N5O5S/c1-2-3-4-5-6-7-10-19-23-24-20(32-19)22-18(27)9-8-13-25-16-12-11-15(26(29)30)14-17(16)31-21(25)28/h11-12,14H,2-10,13H2,1H3,(H,22,24,27). The highest BCUT2D eigenvalue weighted by Gasteiger charge is 2.15. The van der Waals surface area contributed by atoms with Gasteiger partial charge in [-0.05, 0) is 18.9 Å². The average molecular weight is 462 g/mol. The summed E-state index contributed by atoms with van der Waals surface area (Å²) in [6, 6.07) is 4.02. The van der Waals surface area contributed by atoms with Gasteiger partial charge in [0.25, 0.3) is 5.69 Å². The maximum Gasteiger partial charge on any atom is 0.419 e. The van der Waals surface area contributed by atoms with Crippen molar-refractivity contribution in [3.63, 3.8) is 0 Å². The lowest BCUT2D eigenvalue weighted by atomic mass is 10.1. The second-order valence-electron chi connectivity index (χ2n) is 7.60. The minimum Gasteiger partial charge on any atom is -0.407 e. The van der Waals surface area contributed by atoms with Crippen molar-refractivity contribution in [1.82, 2.24) is 14.8 Å². The SMILES string of the molecule is CCCCCCCCc1nnc(NC(=O)CCCn2c(=O)oc3cc([N+](=O)[O-])ccc32)s1. The Kier molecular flexibility index (Phi) is 8.48. The number of nitrogens with one attached hydrogen (secondary N) is 1. The fraction of sp³-hybridized carbons (Fsp3) is 0.524. The predicted octanol–water partition coefficient (Wildman–Crippen LogP) is 4.68. The van der Waals surface area contributed by atoms with Gasteiger partial charge in [0.15, 0.2) is 5.58 Å². The van der Waals surface area contributed by atoms with Gasteiger partial charge in [0, 0.05) is 25.5 Å². The minimum atomic E-state index is -0.607. The Morgan fingerprint density at radius 1 is 1.19 bits per heavy atom. The van der Waals surface area contributed by atoms with Crippen molar-refractivity contribution in [2.45, 2.75) is 71.3 Å². The number of nitro groups is 1. The molecule has 2 heterocycles. The molecule has 0 atom stereocenters. The number of anilines is 1. The largest absolute Gasteiger partial charge is 0.419 e. The van der Waals surface area contributed by atoms with Crippen LogP contribution in [-0.2, 0) is 17.8 Å².